The fraction of sp³-hybridized carbons (Fsp3) is 0.857. The number of hydrogen-bond donors (Lipinski definition) is 2. The van der Waals surface area contributed by atoms with Crippen LogP contribution in [-0.2, 0) is 0 Å². The molecule has 1 unspecified atom stereocenters. The normalized spacial score (nSPS) is 40.5. The van der Waals surface area contributed by atoms with Crippen molar-refractivity contribution in [3.05, 3.63) is 0 Å². The van der Waals surface area contributed by atoms with Crippen LogP contribution in [0.5, 0.6) is 0 Å². The van der Waals surface area contributed by atoms with Gasteiger partial charge in [-0.2, -0.15) is 0 Å². The van der Waals surface area contributed by atoms with Crippen molar-refractivity contribution in [2.45, 2.75) is 24.9 Å². The predicted octanol–water partition coefficient (Wildman–Crippen LogP) is 0.119. The quantitative estimate of drug-likeness (QED) is 0.568. The van der Waals surface area contributed by atoms with Gasteiger partial charge in [0.05, 0.1) is 12.6 Å². The second-order valence-electron chi connectivity index (χ2n) is 3.33. The second-order valence-corrected chi connectivity index (χ2v) is 3.33. The number of rotatable bonds is 1. The highest BCUT2D eigenvalue weighted by atomic mass is 16.4. The summed E-state index contributed by atoms with van der Waals surface area (Å²) < 4.78 is 0. The summed E-state index contributed by atoms with van der Waals surface area (Å²) in [6.45, 7) is -0.0285. The van der Waals surface area contributed by atoms with Gasteiger partial charge in [-0.15, -0.1) is 0 Å². The molecule has 0 radical (unpaired) electrons. The zero-order valence-electron chi connectivity index (χ0n) is 6.10. The molecule has 2 rings (SSSR count). The maximum Gasteiger partial charge on any atom is 0.407 e. The monoisotopic (exact) mass is 157 g/mol. The number of carbonyl (C=O) groups is 1. The number of fused-ring (bicyclic) bond motifs is 1. The van der Waals surface area contributed by atoms with E-state index in [2.05, 4.69) is 0 Å². The van der Waals surface area contributed by atoms with Gasteiger partial charge < -0.3 is 10.2 Å². The number of piperidine rings is 1. The number of aliphatic hydroxyl groups is 1. The number of carboxylic acid groups (broad SMARTS) is 1. The fourth-order valence-corrected chi connectivity index (χ4v) is 2.02. The van der Waals surface area contributed by atoms with Gasteiger partial charge in [0.15, 0.2) is 0 Å². The van der Waals surface area contributed by atoms with E-state index in [1.807, 2.05) is 0 Å². The van der Waals surface area contributed by atoms with E-state index in [1.165, 1.54) is 4.90 Å². The number of likely N-dealkylation sites (tertiary alicyclic amines) is 1. The Bertz CT molecular complexity index is 194. The minimum absolute atomic E-state index is 0.0285. The first-order valence-corrected chi connectivity index (χ1v) is 3.86. The topological polar surface area (TPSA) is 60.8 Å². The van der Waals surface area contributed by atoms with Gasteiger partial charge in [-0.25, -0.2) is 4.79 Å². The Morgan fingerprint density at radius 2 is 2.27 bits per heavy atom. The maximum atomic E-state index is 10.6. The van der Waals surface area contributed by atoms with E-state index in [0.717, 1.165) is 12.8 Å². The number of aliphatic hydroxyl groups excluding tert-OH is 1. The Labute approximate surface area is 64.4 Å². The van der Waals surface area contributed by atoms with Crippen molar-refractivity contribution in [1.82, 2.24) is 4.90 Å². The summed E-state index contributed by atoms with van der Waals surface area (Å²) in [5.41, 5.74) is 0. The first-order valence-electron chi connectivity index (χ1n) is 3.86. The van der Waals surface area contributed by atoms with Crippen LogP contribution in [0, 0.1) is 5.92 Å². The predicted molar refractivity (Wildman–Crippen MR) is 37.2 cm³/mol. The van der Waals surface area contributed by atoms with Gasteiger partial charge in [0, 0.05) is 6.04 Å². The third-order valence-corrected chi connectivity index (χ3v) is 2.64. The Hall–Kier alpha value is -0.770. The van der Waals surface area contributed by atoms with Crippen molar-refractivity contribution in [2.75, 3.05) is 6.61 Å². The van der Waals surface area contributed by atoms with Crippen LogP contribution in [0.15, 0.2) is 0 Å². The third-order valence-electron chi connectivity index (χ3n) is 2.64. The van der Waals surface area contributed by atoms with Crippen molar-refractivity contribution in [3.8, 4) is 0 Å². The lowest BCUT2D eigenvalue weighted by Crippen LogP contribution is -2.39. The van der Waals surface area contributed by atoms with Gasteiger partial charge in [-0.1, -0.05) is 0 Å². The Kier molecular flexibility index (Phi) is 1.32. The summed E-state index contributed by atoms with van der Waals surface area (Å²) in [5.74, 6) is 0.545. The number of nitrogens with zero attached hydrogens (tertiary/aromatic N) is 1. The standard InChI is InChI=1S/C7H11NO3/c9-3-5-1-4-2-6(4)8(5)7(10)11/h4-6,9H,1-3H2,(H,10,11)/t4?,5-,6+/m1/s1. The van der Waals surface area contributed by atoms with Crippen LogP contribution < -0.4 is 0 Å². The van der Waals surface area contributed by atoms with Gasteiger partial charge in [0.1, 0.15) is 0 Å². The van der Waals surface area contributed by atoms with Crippen molar-refractivity contribution in [1.29, 1.82) is 0 Å². The van der Waals surface area contributed by atoms with Crippen molar-refractivity contribution in [3.63, 3.8) is 0 Å². The molecule has 2 aliphatic rings. The molecule has 2 fully saturated rings. The molecule has 1 amide bonds. The minimum Gasteiger partial charge on any atom is -0.465 e. The summed E-state index contributed by atoms with van der Waals surface area (Å²) in [4.78, 5) is 12.0. The van der Waals surface area contributed by atoms with Crippen LogP contribution in [0.25, 0.3) is 0 Å². The molecule has 2 N–H and O–H groups in total. The first kappa shape index (κ1) is 6.91. The van der Waals surface area contributed by atoms with Crippen LogP contribution in [0.3, 0.4) is 0 Å². The fourth-order valence-electron chi connectivity index (χ4n) is 2.02. The zero-order chi connectivity index (χ0) is 8.01. The van der Waals surface area contributed by atoms with E-state index >= 15 is 0 Å². The summed E-state index contributed by atoms with van der Waals surface area (Å²) in [5, 5.41) is 17.5. The lowest BCUT2D eigenvalue weighted by molar-refractivity contribution is 0.106. The molecule has 1 saturated heterocycles. The first-order chi connectivity index (χ1) is 5.24. The smallest absolute Gasteiger partial charge is 0.407 e. The molecule has 11 heavy (non-hydrogen) atoms. The molecule has 4 nitrogen and oxygen atoms in total. The maximum absolute atomic E-state index is 10.6. The zero-order valence-corrected chi connectivity index (χ0v) is 6.10. The molecule has 1 aliphatic heterocycles. The minimum atomic E-state index is -0.881. The molecule has 1 heterocycles. The molecule has 0 aromatic carbocycles. The van der Waals surface area contributed by atoms with Crippen LogP contribution in [-0.4, -0.2) is 39.9 Å². The SMILES string of the molecule is O=C(O)N1[C@@H](CO)CC2C[C@@H]21. The molecular formula is C7H11NO3. The lowest BCUT2D eigenvalue weighted by Gasteiger charge is -2.22. The summed E-state index contributed by atoms with van der Waals surface area (Å²) in [6, 6.07) is 0.0981. The molecule has 0 aromatic rings. The Balaban J connectivity index is 2.08. The van der Waals surface area contributed by atoms with E-state index < -0.39 is 6.09 Å². The van der Waals surface area contributed by atoms with Crippen molar-refractivity contribution in [2.24, 2.45) is 5.92 Å². The summed E-state index contributed by atoms with van der Waals surface area (Å²) in [6.07, 6.45) is 0.977. The average Bonchev–Trinajstić information content (AvgIpc) is 2.61. The largest absolute Gasteiger partial charge is 0.465 e. The molecule has 0 bridgehead atoms. The lowest BCUT2D eigenvalue weighted by atomic mass is 10.2. The second kappa shape index (κ2) is 2.11. The van der Waals surface area contributed by atoms with E-state index in [-0.39, 0.29) is 18.7 Å². The summed E-state index contributed by atoms with van der Waals surface area (Å²) in [7, 11) is 0. The molecule has 62 valence electrons. The highest BCUT2D eigenvalue weighted by Crippen LogP contribution is 2.47. The van der Waals surface area contributed by atoms with E-state index in [1.54, 1.807) is 0 Å². The van der Waals surface area contributed by atoms with Gasteiger partial charge >= 0.3 is 6.09 Å². The molecule has 3 atom stereocenters. The van der Waals surface area contributed by atoms with Gasteiger partial charge in [-0.05, 0) is 18.8 Å². The molecule has 0 spiro atoms. The average molecular weight is 157 g/mol. The van der Waals surface area contributed by atoms with Crippen LogP contribution >= 0.6 is 0 Å². The van der Waals surface area contributed by atoms with Crippen LogP contribution in [0.1, 0.15) is 12.8 Å². The molecular weight excluding hydrogens is 146 g/mol. The number of hydrogen-bond acceptors (Lipinski definition) is 2. The van der Waals surface area contributed by atoms with Crippen LogP contribution in [0.4, 0.5) is 4.79 Å². The molecule has 1 saturated carbocycles. The Morgan fingerprint density at radius 3 is 2.73 bits per heavy atom. The van der Waals surface area contributed by atoms with Crippen molar-refractivity contribution >= 4 is 6.09 Å². The van der Waals surface area contributed by atoms with Crippen LogP contribution in [0.2, 0.25) is 0 Å². The highest BCUT2D eigenvalue weighted by Gasteiger charge is 2.53. The number of amides is 1. The van der Waals surface area contributed by atoms with Gasteiger partial charge in [0.2, 0.25) is 0 Å². The van der Waals surface area contributed by atoms with Gasteiger partial charge in [-0.3, -0.25) is 4.90 Å². The van der Waals surface area contributed by atoms with E-state index in [4.69, 9.17) is 10.2 Å². The van der Waals surface area contributed by atoms with Gasteiger partial charge in [0.25, 0.3) is 0 Å². The highest BCUT2D eigenvalue weighted by molar-refractivity contribution is 5.67. The molecule has 1 aliphatic carbocycles. The molecule has 0 aromatic heterocycles. The van der Waals surface area contributed by atoms with E-state index in [0.29, 0.717) is 5.92 Å². The van der Waals surface area contributed by atoms with Crippen molar-refractivity contribution < 1.29 is 15.0 Å². The summed E-state index contributed by atoms with van der Waals surface area (Å²) >= 11 is 0. The third kappa shape index (κ3) is 0.894. The molecule has 4 heteroatoms. The Morgan fingerprint density at radius 1 is 1.55 bits per heavy atom. The van der Waals surface area contributed by atoms with E-state index in [9.17, 15) is 4.79 Å².